The first-order valence-electron chi connectivity index (χ1n) is 5.65. The molecule has 0 amide bonds. The van der Waals surface area contributed by atoms with Crippen LogP contribution in [0, 0.1) is 0 Å². The normalized spacial score (nSPS) is 10.9. The molecule has 2 heteroatoms. The van der Waals surface area contributed by atoms with Crippen LogP contribution in [0.5, 0.6) is 0 Å². The second kappa shape index (κ2) is 4.71. The highest BCUT2D eigenvalue weighted by atomic mass is 15.0. The van der Waals surface area contributed by atoms with E-state index in [0.717, 1.165) is 22.7 Å². The fourth-order valence-electron chi connectivity index (χ4n) is 1.69. The van der Waals surface area contributed by atoms with Gasteiger partial charge in [0.25, 0.3) is 0 Å². The first-order valence-corrected chi connectivity index (χ1v) is 5.65. The van der Waals surface area contributed by atoms with E-state index in [9.17, 15) is 0 Å². The van der Waals surface area contributed by atoms with E-state index in [1.54, 1.807) is 0 Å². The zero-order chi connectivity index (χ0) is 11.4. The fourth-order valence-corrected chi connectivity index (χ4v) is 1.69. The molecule has 0 aromatic heterocycles. The lowest BCUT2D eigenvalue weighted by Gasteiger charge is -2.22. The van der Waals surface area contributed by atoms with Gasteiger partial charge in [-0.25, -0.2) is 0 Å². The van der Waals surface area contributed by atoms with Crippen LogP contribution in [0.1, 0.15) is 13.8 Å². The number of rotatable bonds is 0. The van der Waals surface area contributed by atoms with E-state index in [0.29, 0.717) is 0 Å². The van der Waals surface area contributed by atoms with E-state index in [1.807, 2.05) is 38.1 Å². The van der Waals surface area contributed by atoms with Crippen molar-refractivity contribution < 1.29 is 0 Å². The molecule has 1 aliphatic rings. The number of nitrogens with one attached hydrogen (secondary N) is 2. The van der Waals surface area contributed by atoms with Crippen LogP contribution in [-0.2, 0) is 0 Å². The van der Waals surface area contributed by atoms with Gasteiger partial charge >= 0.3 is 0 Å². The van der Waals surface area contributed by atoms with Crippen LogP contribution in [0.25, 0.3) is 0 Å². The molecule has 0 saturated heterocycles. The third-order valence-corrected chi connectivity index (χ3v) is 2.39. The minimum Gasteiger partial charge on any atom is -0.352 e. The summed E-state index contributed by atoms with van der Waals surface area (Å²) in [5.74, 6) is 0. The molecule has 0 saturated carbocycles. The monoisotopic (exact) mass is 212 g/mol. The Labute approximate surface area is 96.3 Å². The summed E-state index contributed by atoms with van der Waals surface area (Å²) >= 11 is 0. The first-order chi connectivity index (χ1) is 7.93. The Hall–Kier alpha value is -1.96. The van der Waals surface area contributed by atoms with E-state index in [1.165, 1.54) is 0 Å². The van der Waals surface area contributed by atoms with Crippen molar-refractivity contribution in [3.8, 4) is 0 Å². The summed E-state index contributed by atoms with van der Waals surface area (Å²) in [7, 11) is 0. The molecule has 1 heterocycles. The van der Waals surface area contributed by atoms with Crippen LogP contribution < -0.4 is 10.6 Å². The Balaban J connectivity index is 0.000000457. The Morgan fingerprint density at radius 1 is 0.562 bits per heavy atom. The third-order valence-electron chi connectivity index (χ3n) is 2.39. The van der Waals surface area contributed by atoms with Crippen LogP contribution in [0.15, 0.2) is 48.5 Å². The van der Waals surface area contributed by atoms with Gasteiger partial charge in [0.1, 0.15) is 0 Å². The predicted octanol–water partition coefficient (Wildman–Crippen LogP) is 4.51. The molecule has 2 aromatic rings. The summed E-state index contributed by atoms with van der Waals surface area (Å²) in [6.07, 6.45) is 0. The molecular weight excluding hydrogens is 196 g/mol. The zero-order valence-electron chi connectivity index (χ0n) is 9.62. The van der Waals surface area contributed by atoms with Crippen molar-refractivity contribution in [2.24, 2.45) is 0 Å². The van der Waals surface area contributed by atoms with Gasteiger partial charge in [0.2, 0.25) is 0 Å². The Bertz CT molecular complexity index is 390. The molecule has 16 heavy (non-hydrogen) atoms. The molecule has 1 aliphatic heterocycles. The molecule has 3 rings (SSSR count). The average molecular weight is 212 g/mol. The highest BCUT2D eigenvalue weighted by molar-refractivity contribution is 5.89. The Kier molecular flexibility index (Phi) is 3.10. The number of benzene rings is 2. The summed E-state index contributed by atoms with van der Waals surface area (Å²) in [6, 6.07) is 16.4. The third kappa shape index (κ3) is 1.87. The number of fused-ring (bicyclic) bond motifs is 2. The van der Waals surface area contributed by atoms with Gasteiger partial charge in [-0.2, -0.15) is 0 Å². The largest absolute Gasteiger partial charge is 0.352 e. The summed E-state index contributed by atoms with van der Waals surface area (Å²) in [5.41, 5.74) is 4.52. The van der Waals surface area contributed by atoms with Gasteiger partial charge in [-0.05, 0) is 24.3 Å². The lowest BCUT2D eigenvalue weighted by atomic mass is 10.1. The maximum atomic E-state index is 3.38. The SMILES string of the molecule is CC.c1ccc2c(c1)Nc1ccccc1N2. The molecule has 0 bridgehead atoms. The Morgan fingerprint density at radius 3 is 1.06 bits per heavy atom. The van der Waals surface area contributed by atoms with Gasteiger partial charge in [-0.3, -0.25) is 0 Å². The quantitative estimate of drug-likeness (QED) is 0.572. The maximum absolute atomic E-state index is 3.38. The summed E-state index contributed by atoms with van der Waals surface area (Å²) in [6.45, 7) is 4.00. The number of para-hydroxylation sites is 4. The Morgan fingerprint density at radius 2 is 0.812 bits per heavy atom. The lowest BCUT2D eigenvalue weighted by Crippen LogP contribution is -2.05. The molecule has 2 N–H and O–H groups in total. The van der Waals surface area contributed by atoms with Crippen molar-refractivity contribution >= 4 is 22.7 Å². The van der Waals surface area contributed by atoms with Gasteiger partial charge in [-0.1, -0.05) is 38.1 Å². The highest BCUT2D eigenvalue weighted by Crippen LogP contribution is 2.37. The summed E-state index contributed by atoms with van der Waals surface area (Å²) < 4.78 is 0. The van der Waals surface area contributed by atoms with E-state index in [2.05, 4.69) is 34.9 Å². The van der Waals surface area contributed by atoms with E-state index < -0.39 is 0 Å². The van der Waals surface area contributed by atoms with Crippen molar-refractivity contribution in [2.45, 2.75) is 13.8 Å². The van der Waals surface area contributed by atoms with Crippen molar-refractivity contribution in [1.82, 2.24) is 0 Å². The molecule has 0 radical (unpaired) electrons. The molecule has 0 spiro atoms. The van der Waals surface area contributed by atoms with Crippen LogP contribution in [0.4, 0.5) is 22.7 Å². The molecule has 0 unspecified atom stereocenters. The van der Waals surface area contributed by atoms with E-state index >= 15 is 0 Å². The molecule has 0 fully saturated rings. The summed E-state index contributed by atoms with van der Waals surface area (Å²) in [5, 5.41) is 6.76. The first kappa shape index (κ1) is 10.6. The molecule has 2 aromatic carbocycles. The maximum Gasteiger partial charge on any atom is 0.0624 e. The summed E-state index contributed by atoms with van der Waals surface area (Å²) in [4.78, 5) is 0. The van der Waals surface area contributed by atoms with Crippen LogP contribution >= 0.6 is 0 Å². The van der Waals surface area contributed by atoms with Gasteiger partial charge in [0, 0.05) is 0 Å². The van der Waals surface area contributed by atoms with Crippen molar-refractivity contribution in [3.63, 3.8) is 0 Å². The second-order valence-corrected chi connectivity index (χ2v) is 3.34. The fraction of sp³-hybridized carbons (Fsp3) is 0.143. The lowest BCUT2D eigenvalue weighted by molar-refractivity contribution is 1.45. The van der Waals surface area contributed by atoms with Gasteiger partial charge in [0.15, 0.2) is 0 Å². The van der Waals surface area contributed by atoms with Gasteiger partial charge in [-0.15, -0.1) is 0 Å². The standard InChI is InChI=1S/C12H10N2.C2H6/c1-2-6-10-9(5-1)13-11-7-3-4-8-12(11)14-10;1-2/h1-8,13-14H;1-2H3. The van der Waals surface area contributed by atoms with Gasteiger partial charge < -0.3 is 10.6 Å². The molecule has 82 valence electrons. The molecule has 0 atom stereocenters. The number of anilines is 4. The number of hydrogen-bond acceptors (Lipinski definition) is 2. The average Bonchev–Trinajstić information content (AvgIpc) is 2.38. The van der Waals surface area contributed by atoms with Crippen molar-refractivity contribution in [3.05, 3.63) is 48.5 Å². The highest BCUT2D eigenvalue weighted by Gasteiger charge is 2.11. The smallest absolute Gasteiger partial charge is 0.0624 e. The van der Waals surface area contributed by atoms with Crippen molar-refractivity contribution in [1.29, 1.82) is 0 Å². The van der Waals surface area contributed by atoms with Crippen LogP contribution in [-0.4, -0.2) is 0 Å². The van der Waals surface area contributed by atoms with Crippen molar-refractivity contribution in [2.75, 3.05) is 10.6 Å². The van der Waals surface area contributed by atoms with E-state index in [-0.39, 0.29) is 0 Å². The number of hydrogen-bond donors (Lipinski definition) is 2. The van der Waals surface area contributed by atoms with Crippen LogP contribution in [0.2, 0.25) is 0 Å². The van der Waals surface area contributed by atoms with Crippen LogP contribution in [0.3, 0.4) is 0 Å². The molecule has 2 nitrogen and oxygen atoms in total. The zero-order valence-corrected chi connectivity index (χ0v) is 9.62. The predicted molar refractivity (Wildman–Crippen MR) is 70.8 cm³/mol. The minimum absolute atomic E-state index is 1.13. The topological polar surface area (TPSA) is 24.1 Å². The molecular formula is C14H16N2. The molecule has 0 aliphatic carbocycles. The van der Waals surface area contributed by atoms with Gasteiger partial charge in [0.05, 0.1) is 22.7 Å². The minimum atomic E-state index is 1.13. The van der Waals surface area contributed by atoms with E-state index in [4.69, 9.17) is 0 Å². The second-order valence-electron chi connectivity index (χ2n) is 3.34.